The third-order valence-electron chi connectivity index (χ3n) is 6.26. The molecular weight excluding hydrogens is 448 g/mol. The molecule has 3 aromatic rings. The average Bonchev–Trinajstić information content (AvgIpc) is 3.46. The normalized spacial score (nSPS) is 20.2. The second kappa shape index (κ2) is 9.67. The van der Waals surface area contributed by atoms with Gasteiger partial charge in [0.05, 0.1) is 18.6 Å². The van der Waals surface area contributed by atoms with Crippen LogP contribution in [0.3, 0.4) is 0 Å². The van der Waals surface area contributed by atoms with Crippen molar-refractivity contribution >= 4 is 28.7 Å². The van der Waals surface area contributed by atoms with Gasteiger partial charge in [0.1, 0.15) is 12.0 Å². The molecule has 0 saturated carbocycles. The number of rotatable bonds is 9. The molecule has 1 fully saturated rings. The maximum Gasteiger partial charge on any atom is 0.353 e. The van der Waals surface area contributed by atoms with Gasteiger partial charge < -0.3 is 19.4 Å². The Kier molecular flexibility index (Phi) is 6.88. The van der Waals surface area contributed by atoms with E-state index in [1.54, 1.807) is 6.20 Å². The van der Waals surface area contributed by atoms with Crippen molar-refractivity contribution < 1.29 is 24.2 Å². The van der Waals surface area contributed by atoms with Crippen molar-refractivity contribution in [3.63, 3.8) is 0 Å². The molecule has 2 N–H and O–H groups in total. The van der Waals surface area contributed by atoms with Gasteiger partial charge in [-0.25, -0.2) is 4.79 Å². The SMILES string of the molecule is CCCCCc1ccc(-c2cc3cn([C@H]4C[C@H]([C@@](Cl)(CO)C(=O)O)CO4)c(=O)nc3o2)cc1. The van der Waals surface area contributed by atoms with E-state index in [9.17, 15) is 19.8 Å². The minimum Gasteiger partial charge on any atom is -0.480 e. The highest BCUT2D eigenvalue weighted by molar-refractivity contribution is 6.34. The van der Waals surface area contributed by atoms with Gasteiger partial charge in [-0.05, 0) is 24.5 Å². The van der Waals surface area contributed by atoms with E-state index in [2.05, 4.69) is 24.0 Å². The van der Waals surface area contributed by atoms with E-state index in [4.69, 9.17) is 20.8 Å². The number of aliphatic carboxylic acids is 1. The summed E-state index contributed by atoms with van der Waals surface area (Å²) in [5.74, 6) is -1.38. The molecular formula is C24H27ClN2O6. The van der Waals surface area contributed by atoms with Crippen molar-refractivity contribution in [3.05, 3.63) is 52.6 Å². The van der Waals surface area contributed by atoms with Crippen LogP contribution in [-0.4, -0.2) is 43.8 Å². The van der Waals surface area contributed by atoms with E-state index in [-0.39, 0.29) is 18.7 Å². The molecule has 3 atom stereocenters. The molecule has 0 amide bonds. The molecule has 1 aromatic carbocycles. The largest absolute Gasteiger partial charge is 0.480 e. The van der Waals surface area contributed by atoms with Crippen molar-refractivity contribution in [2.75, 3.05) is 13.2 Å². The summed E-state index contributed by atoms with van der Waals surface area (Å²) >= 11 is 6.12. The summed E-state index contributed by atoms with van der Waals surface area (Å²) in [5.41, 5.74) is 1.81. The molecule has 33 heavy (non-hydrogen) atoms. The minimum atomic E-state index is -1.86. The van der Waals surface area contributed by atoms with Gasteiger partial charge in [0, 0.05) is 24.1 Å². The number of hydrogen-bond donors (Lipinski definition) is 2. The summed E-state index contributed by atoms with van der Waals surface area (Å²) in [5, 5.41) is 19.5. The number of aryl methyl sites for hydroxylation is 1. The highest BCUT2D eigenvalue weighted by Crippen LogP contribution is 2.38. The highest BCUT2D eigenvalue weighted by Gasteiger charge is 2.48. The number of ether oxygens (including phenoxy) is 1. The Labute approximate surface area is 195 Å². The van der Waals surface area contributed by atoms with Crippen LogP contribution in [-0.2, 0) is 16.0 Å². The summed E-state index contributed by atoms with van der Waals surface area (Å²) in [4.78, 5) is 26.3. The van der Waals surface area contributed by atoms with Crippen LogP contribution in [0, 0.1) is 5.92 Å². The summed E-state index contributed by atoms with van der Waals surface area (Å²) in [6.07, 6.45) is 5.63. The predicted molar refractivity (Wildman–Crippen MR) is 123 cm³/mol. The van der Waals surface area contributed by atoms with Crippen LogP contribution >= 0.6 is 11.6 Å². The third kappa shape index (κ3) is 4.69. The van der Waals surface area contributed by atoms with Crippen molar-refractivity contribution in [1.82, 2.24) is 9.55 Å². The van der Waals surface area contributed by atoms with Crippen LogP contribution in [0.2, 0.25) is 0 Å². The summed E-state index contributed by atoms with van der Waals surface area (Å²) < 4.78 is 12.8. The van der Waals surface area contributed by atoms with Crippen LogP contribution in [0.5, 0.6) is 0 Å². The topological polar surface area (TPSA) is 115 Å². The first-order valence-electron chi connectivity index (χ1n) is 11.1. The first kappa shape index (κ1) is 23.5. The standard InChI is InChI=1S/C24H27ClN2O6/c1-2-3-4-5-15-6-8-16(9-7-15)19-10-17-12-27(23(31)26-21(17)33-19)20-11-18(13-32-20)24(25,14-28)22(29)30/h6-10,12,18,20,28H,2-5,11,13-14H2,1H3,(H,29,30)/t18-,20+,24-/m0/s1. The van der Waals surface area contributed by atoms with Gasteiger partial charge in [0.25, 0.3) is 0 Å². The van der Waals surface area contributed by atoms with Crippen molar-refractivity contribution in [3.8, 4) is 11.3 Å². The van der Waals surface area contributed by atoms with Gasteiger partial charge >= 0.3 is 11.7 Å². The zero-order valence-corrected chi connectivity index (χ0v) is 19.1. The smallest absolute Gasteiger partial charge is 0.353 e. The number of furan rings is 1. The zero-order valence-electron chi connectivity index (χ0n) is 18.4. The van der Waals surface area contributed by atoms with E-state index in [1.807, 2.05) is 18.2 Å². The number of fused-ring (bicyclic) bond motifs is 1. The van der Waals surface area contributed by atoms with Crippen LogP contribution in [0.4, 0.5) is 0 Å². The van der Waals surface area contributed by atoms with E-state index < -0.39 is 35.3 Å². The number of unbranched alkanes of at least 4 members (excludes halogenated alkanes) is 2. The molecule has 0 spiro atoms. The molecule has 1 aliphatic heterocycles. The Hall–Kier alpha value is -2.68. The molecule has 0 bridgehead atoms. The maximum absolute atomic E-state index is 12.6. The van der Waals surface area contributed by atoms with E-state index in [0.29, 0.717) is 11.1 Å². The highest BCUT2D eigenvalue weighted by atomic mass is 35.5. The Morgan fingerprint density at radius 2 is 2.06 bits per heavy atom. The Bertz CT molecular complexity index is 1190. The number of aromatic nitrogens is 2. The van der Waals surface area contributed by atoms with Crippen LogP contribution in [0.15, 0.2) is 45.7 Å². The van der Waals surface area contributed by atoms with Crippen molar-refractivity contribution in [1.29, 1.82) is 0 Å². The Balaban J connectivity index is 1.55. The van der Waals surface area contributed by atoms with E-state index in [1.165, 1.54) is 23.0 Å². The lowest BCUT2D eigenvalue weighted by atomic mass is 9.91. The molecule has 1 aliphatic rings. The molecule has 1 saturated heterocycles. The quantitative estimate of drug-likeness (QED) is 0.356. The number of halogens is 1. The minimum absolute atomic E-state index is 0.00669. The van der Waals surface area contributed by atoms with Crippen LogP contribution in [0.1, 0.15) is 44.4 Å². The van der Waals surface area contributed by atoms with Gasteiger partial charge in [-0.3, -0.25) is 9.36 Å². The summed E-state index contributed by atoms with van der Waals surface area (Å²) in [6.45, 7) is 1.45. The number of alkyl halides is 1. The molecule has 0 radical (unpaired) electrons. The number of nitrogens with zero attached hydrogens (tertiary/aromatic N) is 2. The summed E-state index contributed by atoms with van der Waals surface area (Å²) in [7, 11) is 0. The number of carbonyl (C=O) groups is 1. The molecule has 176 valence electrons. The third-order valence-corrected chi connectivity index (χ3v) is 6.85. The van der Waals surface area contributed by atoms with Crippen LogP contribution in [0.25, 0.3) is 22.4 Å². The Morgan fingerprint density at radius 1 is 1.30 bits per heavy atom. The second-order valence-corrected chi connectivity index (χ2v) is 9.18. The lowest BCUT2D eigenvalue weighted by molar-refractivity contribution is -0.143. The second-order valence-electron chi connectivity index (χ2n) is 8.50. The van der Waals surface area contributed by atoms with Crippen molar-refractivity contribution in [2.45, 2.75) is 50.1 Å². The van der Waals surface area contributed by atoms with Gasteiger partial charge in [0.2, 0.25) is 5.71 Å². The first-order chi connectivity index (χ1) is 15.9. The number of hydrogen-bond acceptors (Lipinski definition) is 6. The fourth-order valence-corrected chi connectivity index (χ4v) is 4.33. The fraction of sp³-hybridized carbons (Fsp3) is 0.458. The number of aliphatic hydroxyl groups excluding tert-OH is 1. The zero-order chi connectivity index (χ0) is 23.6. The predicted octanol–water partition coefficient (Wildman–Crippen LogP) is 3.98. The lowest BCUT2D eigenvalue weighted by Gasteiger charge is -2.25. The van der Waals surface area contributed by atoms with Gasteiger partial charge in [-0.1, -0.05) is 44.0 Å². The first-order valence-corrected chi connectivity index (χ1v) is 11.5. The molecule has 4 rings (SSSR count). The summed E-state index contributed by atoms with van der Waals surface area (Å²) in [6, 6.07) is 9.97. The van der Waals surface area contributed by atoms with Crippen molar-refractivity contribution in [2.24, 2.45) is 5.92 Å². The lowest BCUT2D eigenvalue weighted by Crippen LogP contribution is -2.44. The molecule has 9 heteroatoms. The number of carboxylic acid groups (broad SMARTS) is 1. The van der Waals surface area contributed by atoms with Gasteiger partial charge in [0.15, 0.2) is 4.87 Å². The maximum atomic E-state index is 12.6. The number of benzene rings is 1. The average molecular weight is 475 g/mol. The fourth-order valence-electron chi connectivity index (χ4n) is 4.18. The van der Waals surface area contributed by atoms with E-state index in [0.717, 1.165) is 18.4 Å². The molecule has 3 heterocycles. The van der Waals surface area contributed by atoms with Crippen LogP contribution < -0.4 is 5.69 Å². The molecule has 0 unspecified atom stereocenters. The number of aliphatic hydroxyl groups is 1. The molecule has 2 aromatic heterocycles. The molecule has 0 aliphatic carbocycles. The monoisotopic (exact) mass is 474 g/mol. The van der Waals surface area contributed by atoms with Gasteiger partial charge in [-0.2, -0.15) is 4.98 Å². The Morgan fingerprint density at radius 3 is 2.73 bits per heavy atom. The van der Waals surface area contributed by atoms with E-state index >= 15 is 0 Å². The molecule has 8 nitrogen and oxygen atoms in total. The number of carboxylic acids is 1. The van der Waals surface area contributed by atoms with Gasteiger partial charge in [-0.15, -0.1) is 11.6 Å².